The van der Waals surface area contributed by atoms with Crippen LogP contribution in [-0.4, -0.2) is 0 Å². The third-order valence-corrected chi connectivity index (χ3v) is 1.98. The lowest BCUT2D eigenvalue weighted by Gasteiger charge is -1.99. The average Bonchev–Trinajstić information content (AvgIpc) is 2.47. The molecule has 11 heavy (non-hydrogen) atoms. The van der Waals surface area contributed by atoms with E-state index in [0.29, 0.717) is 0 Å². The van der Waals surface area contributed by atoms with E-state index in [1.807, 2.05) is 0 Å². The van der Waals surface area contributed by atoms with Crippen LogP contribution in [0.15, 0.2) is 35.5 Å². The highest BCUT2D eigenvalue weighted by molar-refractivity contribution is 5.47. The summed E-state index contributed by atoms with van der Waals surface area (Å²) in [4.78, 5) is 0. The van der Waals surface area contributed by atoms with E-state index in [2.05, 4.69) is 38.2 Å². The fourth-order valence-corrected chi connectivity index (χ4v) is 1.29. The van der Waals surface area contributed by atoms with Gasteiger partial charge < -0.3 is 0 Å². The molecule has 1 aliphatic rings. The van der Waals surface area contributed by atoms with Gasteiger partial charge in [-0.05, 0) is 24.0 Å². The van der Waals surface area contributed by atoms with Gasteiger partial charge in [-0.25, -0.2) is 0 Å². The van der Waals surface area contributed by atoms with E-state index in [1.54, 1.807) is 0 Å². The van der Waals surface area contributed by atoms with Crippen molar-refractivity contribution in [1.82, 2.24) is 0 Å². The fourth-order valence-electron chi connectivity index (χ4n) is 1.29. The van der Waals surface area contributed by atoms with Crippen molar-refractivity contribution < 1.29 is 0 Å². The van der Waals surface area contributed by atoms with E-state index in [0.717, 1.165) is 6.42 Å². The monoisotopic (exact) mass is 148 g/mol. The summed E-state index contributed by atoms with van der Waals surface area (Å²) in [5, 5.41) is 0. The molecule has 0 aliphatic heterocycles. The Kier molecular flexibility index (Phi) is 3.15. The number of hydrogen-bond acceptors (Lipinski definition) is 0. The van der Waals surface area contributed by atoms with E-state index in [1.165, 1.54) is 24.0 Å². The van der Waals surface area contributed by atoms with Gasteiger partial charge in [0.2, 0.25) is 0 Å². The van der Waals surface area contributed by atoms with Crippen LogP contribution in [0.1, 0.15) is 33.1 Å². The summed E-state index contributed by atoms with van der Waals surface area (Å²) >= 11 is 0. The van der Waals surface area contributed by atoms with Crippen molar-refractivity contribution in [1.29, 1.82) is 0 Å². The first-order valence-electron chi connectivity index (χ1n) is 4.46. The lowest BCUT2D eigenvalue weighted by atomic mass is 10.1. The van der Waals surface area contributed by atoms with Crippen LogP contribution >= 0.6 is 0 Å². The summed E-state index contributed by atoms with van der Waals surface area (Å²) in [6.07, 6.45) is 12.5. The van der Waals surface area contributed by atoms with Crippen molar-refractivity contribution >= 4 is 0 Å². The summed E-state index contributed by atoms with van der Waals surface area (Å²) in [7, 11) is 0. The van der Waals surface area contributed by atoms with Gasteiger partial charge in [0.25, 0.3) is 0 Å². The van der Waals surface area contributed by atoms with Gasteiger partial charge in [0.15, 0.2) is 0 Å². The molecule has 1 aliphatic carbocycles. The normalized spacial score (nSPS) is 19.5. The van der Waals surface area contributed by atoms with E-state index in [9.17, 15) is 0 Å². The smallest absolute Gasteiger partial charge is 0.0265 e. The second-order valence-electron chi connectivity index (χ2n) is 2.85. The average molecular weight is 148 g/mol. The molecule has 0 radical (unpaired) electrons. The number of unbranched alkanes of at least 4 members (excludes halogenated alkanes) is 1. The van der Waals surface area contributed by atoms with Gasteiger partial charge in [0.1, 0.15) is 0 Å². The summed E-state index contributed by atoms with van der Waals surface area (Å²) in [5.41, 5.74) is 2.92. The Labute approximate surface area is 69.3 Å². The zero-order chi connectivity index (χ0) is 8.10. The highest BCUT2D eigenvalue weighted by Gasteiger charge is 2.01. The van der Waals surface area contributed by atoms with Crippen molar-refractivity contribution in [3.8, 4) is 0 Å². The SMILES string of the molecule is CCCC=C1C=CC=C1CC. The van der Waals surface area contributed by atoms with Gasteiger partial charge in [-0.2, -0.15) is 0 Å². The van der Waals surface area contributed by atoms with Crippen LogP contribution in [-0.2, 0) is 0 Å². The molecule has 0 atom stereocenters. The molecule has 0 bridgehead atoms. The van der Waals surface area contributed by atoms with Gasteiger partial charge in [0.05, 0.1) is 0 Å². The van der Waals surface area contributed by atoms with E-state index in [4.69, 9.17) is 0 Å². The molecule has 0 aromatic carbocycles. The van der Waals surface area contributed by atoms with Crippen LogP contribution in [0.2, 0.25) is 0 Å². The van der Waals surface area contributed by atoms with Crippen molar-refractivity contribution in [3.05, 3.63) is 35.5 Å². The molecule has 0 saturated carbocycles. The van der Waals surface area contributed by atoms with Crippen LogP contribution in [0.3, 0.4) is 0 Å². The van der Waals surface area contributed by atoms with Crippen molar-refractivity contribution in [3.63, 3.8) is 0 Å². The Balaban J connectivity index is 2.59. The Morgan fingerprint density at radius 1 is 1.36 bits per heavy atom. The Morgan fingerprint density at radius 2 is 2.18 bits per heavy atom. The molecule has 0 heteroatoms. The van der Waals surface area contributed by atoms with E-state index in [-0.39, 0.29) is 0 Å². The quantitative estimate of drug-likeness (QED) is 0.573. The molecule has 0 spiro atoms. The van der Waals surface area contributed by atoms with Gasteiger partial charge in [0, 0.05) is 0 Å². The first-order valence-corrected chi connectivity index (χ1v) is 4.46. The second-order valence-corrected chi connectivity index (χ2v) is 2.85. The number of hydrogen-bond donors (Lipinski definition) is 0. The largest absolute Gasteiger partial charge is 0.0770 e. The van der Waals surface area contributed by atoms with Gasteiger partial charge in [-0.15, -0.1) is 0 Å². The molecule has 0 nitrogen and oxygen atoms in total. The summed E-state index contributed by atoms with van der Waals surface area (Å²) in [6, 6.07) is 0. The van der Waals surface area contributed by atoms with Gasteiger partial charge in [-0.3, -0.25) is 0 Å². The molecular formula is C11H16. The van der Waals surface area contributed by atoms with Crippen LogP contribution in [0.25, 0.3) is 0 Å². The highest BCUT2D eigenvalue weighted by Crippen LogP contribution is 2.21. The predicted octanol–water partition coefficient (Wildman–Crippen LogP) is 3.62. The highest BCUT2D eigenvalue weighted by atomic mass is 14.1. The molecule has 0 aromatic heterocycles. The molecule has 0 N–H and O–H groups in total. The van der Waals surface area contributed by atoms with Crippen LogP contribution in [0, 0.1) is 0 Å². The van der Waals surface area contributed by atoms with Crippen LogP contribution in [0.5, 0.6) is 0 Å². The summed E-state index contributed by atoms with van der Waals surface area (Å²) < 4.78 is 0. The Hall–Kier alpha value is -0.780. The van der Waals surface area contributed by atoms with Crippen molar-refractivity contribution in [2.45, 2.75) is 33.1 Å². The van der Waals surface area contributed by atoms with Gasteiger partial charge >= 0.3 is 0 Å². The first kappa shape index (κ1) is 8.32. The minimum Gasteiger partial charge on any atom is -0.0770 e. The van der Waals surface area contributed by atoms with E-state index < -0.39 is 0 Å². The van der Waals surface area contributed by atoms with Crippen molar-refractivity contribution in [2.75, 3.05) is 0 Å². The van der Waals surface area contributed by atoms with Crippen LogP contribution in [0.4, 0.5) is 0 Å². The first-order chi connectivity index (χ1) is 5.38. The predicted molar refractivity (Wildman–Crippen MR) is 50.5 cm³/mol. The number of rotatable bonds is 3. The molecule has 0 fully saturated rings. The molecule has 60 valence electrons. The molecule has 0 unspecified atom stereocenters. The molecule has 0 heterocycles. The second kappa shape index (κ2) is 4.17. The minimum atomic E-state index is 1.16. The maximum absolute atomic E-state index is 2.33. The maximum atomic E-state index is 2.33. The zero-order valence-electron chi connectivity index (χ0n) is 7.43. The topological polar surface area (TPSA) is 0 Å². The Morgan fingerprint density at radius 3 is 2.82 bits per heavy atom. The third-order valence-electron chi connectivity index (χ3n) is 1.98. The Bertz CT molecular complexity index is 204. The lowest BCUT2D eigenvalue weighted by Crippen LogP contribution is -1.80. The molecule has 0 amide bonds. The zero-order valence-corrected chi connectivity index (χ0v) is 7.43. The minimum absolute atomic E-state index is 1.16. The molecular weight excluding hydrogens is 132 g/mol. The number of allylic oxidation sites excluding steroid dienone is 6. The lowest BCUT2D eigenvalue weighted by molar-refractivity contribution is 0.950. The summed E-state index contributed by atoms with van der Waals surface area (Å²) in [6.45, 7) is 4.42. The molecule has 0 aromatic rings. The molecule has 0 saturated heterocycles. The molecule has 1 rings (SSSR count). The summed E-state index contributed by atoms with van der Waals surface area (Å²) in [5.74, 6) is 0. The van der Waals surface area contributed by atoms with Gasteiger partial charge in [-0.1, -0.05) is 44.6 Å². The maximum Gasteiger partial charge on any atom is -0.0265 e. The van der Waals surface area contributed by atoms with Crippen LogP contribution < -0.4 is 0 Å². The third kappa shape index (κ3) is 2.07. The fraction of sp³-hybridized carbons (Fsp3) is 0.455. The standard InChI is InChI=1S/C11H16/c1-3-5-7-11-9-6-8-10(11)4-2/h6-9H,3-5H2,1-2H3. The van der Waals surface area contributed by atoms with Crippen molar-refractivity contribution in [2.24, 2.45) is 0 Å². The van der Waals surface area contributed by atoms with E-state index >= 15 is 0 Å².